The lowest BCUT2D eigenvalue weighted by molar-refractivity contribution is -0.137. The summed E-state index contributed by atoms with van der Waals surface area (Å²) in [5.41, 5.74) is -0.292. The van der Waals surface area contributed by atoms with Gasteiger partial charge in [-0.25, -0.2) is 4.98 Å². The first-order valence-corrected chi connectivity index (χ1v) is 9.38. The van der Waals surface area contributed by atoms with Gasteiger partial charge in [0.05, 0.1) is 16.3 Å². The third-order valence-electron chi connectivity index (χ3n) is 3.89. The molecule has 0 bridgehead atoms. The number of benzene rings is 2. The molecule has 1 amide bonds. The Balaban J connectivity index is 1.91. The molecule has 1 aromatic heterocycles. The molecule has 28 heavy (non-hydrogen) atoms. The Morgan fingerprint density at radius 3 is 2.54 bits per heavy atom. The van der Waals surface area contributed by atoms with Crippen LogP contribution in [-0.2, 0) is 18.0 Å². The van der Waals surface area contributed by atoms with E-state index in [-0.39, 0.29) is 10.7 Å². The van der Waals surface area contributed by atoms with Crippen molar-refractivity contribution in [1.82, 2.24) is 9.55 Å². The van der Waals surface area contributed by atoms with Crippen LogP contribution in [0.3, 0.4) is 0 Å². The summed E-state index contributed by atoms with van der Waals surface area (Å²) in [6, 6.07) is 11.7. The molecule has 0 aliphatic heterocycles. The van der Waals surface area contributed by atoms with Crippen molar-refractivity contribution < 1.29 is 18.0 Å². The number of carbonyl (C=O) groups excluding carboxylic acids is 1. The summed E-state index contributed by atoms with van der Waals surface area (Å²) in [4.78, 5) is 17.2. The van der Waals surface area contributed by atoms with Crippen LogP contribution in [0.25, 0.3) is 0 Å². The lowest BCUT2D eigenvalue weighted by atomic mass is 10.1. The number of anilines is 1. The van der Waals surface area contributed by atoms with E-state index < -0.39 is 22.9 Å². The van der Waals surface area contributed by atoms with Gasteiger partial charge in [-0.3, -0.25) is 4.79 Å². The molecule has 4 nitrogen and oxygen atoms in total. The third kappa shape index (κ3) is 4.69. The molecule has 0 unspecified atom stereocenters. The number of nitrogens with zero attached hydrogens (tertiary/aromatic N) is 2. The fourth-order valence-corrected chi connectivity index (χ4v) is 3.65. The molecule has 1 N–H and O–H groups in total. The van der Waals surface area contributed by atoms with E-state index in [0.717, 1.165) is 18.2 Å². The maximum absolute atomic E-state index is 13.0. The molecule has 0 aliphatic rings. The summed E-state index contributed by atoms with van der Waals surface area (Å²) in [6.45, 7) is 0. The lowest BCUT2D eigenvalue weighted by Crippen LogP contribution is -2.20. The van der Waals surface area contributed by atoms with Gasteiger partial charge in [0.1, 0.15) is 5.25 Å². The van der Waals surface area contributed by atoms with Crippen molar-refractivity contribution in [2.24, 2.45) is 7.05 Å². The largest absolute Gasteiger partial charge is 0.416 e. The zero-order valence-electron chi connectivity index (χ0n) is 14.6. The fourth-order valence-electron chi connectivity index (χ4n) is 2.47. The Labute approximate surface area is 168 Å². The quantitative estimate of drug-likeness (QED) is 0.544. The molecule has 0 aliphatic carbocycles. The molecular formula is C19H15ClF3N3OS. The first-order valence-electron chi connectivity index (χ1n) is 8.12. The highest BCUT2D eigenvalue weighted by Gasteiger charge is 2.31. The number of aryl methyl sites for hydroxylation is 1. The van der Waals surface area contributed by atoms with Crippen molar-refractivity contribution in [3.8, 4) is 0 Å². The second kappa shape index (κ2) is 8.28. The van der Waals surface area contributed by atoms with E-state index in [0.29, 0.717) is 10.7 Å². The predicted octanol–water partition coefficient (Wildman–Crippen LogP) is 5.56. The highest BCUT2D eigenvalue weighted by molar-refractivity contribution is 8.00. The average Bonchev–Trinajstić information content (AvgIpc) is 3.06. The van der Waals surface area contributed by atoms with Crippen LogP contribution in [-0.4, -0.2) is 15.5 Å². The minimum atomic E-state index is -4.54. The van der Waals surface area contributed by atoms with Gasteiger partial charge in [0.2, 0.25) is 5.91 Å². The van der Waals surface area contributed by atoms with Crippen LogP contribution in [0.4, 0.5) is 18.9 Å². The van der Waals surface area contributed by atoms with Crippen LogP contribution in [0.1, 0.15) is 16.4 Å². The Kier molecular flexibility index (Phi) is 6.00. The number of imidazole rings is 1. The molecule has 0 saturated carbocycles. The number of carbonyl (C=O) groups is 1. The second-order valence-electron chi connectivity index (χ2n) is 5.91. The van der Waals surface area contributed by atoms with Crippen molar-refractivity contribution in [2.45, 2.75) is 16.6 Å². The van der Waals surface area contributed by atoms with Crippen molar-refractivity contribution >= 4 is 35.0 Å². The SMILES string of the molecule is Cn1ccnc1S[C@H](C(=O)Nc1cc(C(F)(F)F)ccc1Cl)c1ccccc1. The summed E-state index contributed by atoms with van der Waals surface area (Å²) < 4.78 is 40.7. The van der Waals surface area contributed by atoms with E-state index in [1.807, 2.05) is 6.07 Å². The van der Waals surface area contributed by atoms with Crippen LogP contribution >= 0.6 is 23.4 Å². The highest BCUT2D eigenvalue weighted by Crippen LogP contribution is 2.37. The van der Waals surface area contributed by atoms with Gasteiger partial charge in [-0.15, -0.1) is 0 Å². The van der Waals surface area contributed by atoms with E-state index in [1.54, 1.807) is 48.3 Å². The number of thioether (sulfide) groups is 1. The lowest BCUT2D eigenvalue weighted by Gasteiger charge is -2.18. The monoisotopic (exact) mass is 425 g/mol. The minimum absolute atomic E-state index is 0.0233. The number of aromatic nitrogens is 2. The predicted molar refractivity (Wildman–Crippen MR) is 103 cm³/mol. The van der Waals surface area contributed by atoms with Crippen molar-refractivity contribution in [2.75, 3.05) is 5.32 Å². The molecule has 2 aromatic carbocycles. The summed E-state index contributed by atoms with van der Waals surface area (Å²) >= 11 is 7.20. The normalized spacial score (nSPS) is 12.6. The summed E-state index contributed by atoms with van der Waals surface area (Å²) in [6.07, 6.45) is -1.19. The van der Waals surface area contributed by atoms with Gasteiger partial charge in [-0.1, -0.05) is 53.7 Å². The maximum Gasteiger partial charge on any atom is 0.416 e. The molecular weight excluding hydrogens is 411 g/mol. The minimum Gasteiger partial charge on any atom is -0.329 e. The topological polar surface area (TPSA) is 46.9 Å². The smallest absolute Gasteiger partial charge is 0.329 e. The molecule has 1 atom stereocenters. The van der Waals surface area contributed by atoms with E-state index in [2.05, 4.69) is 10.3 Å². The van der Waals surface area contributed by atoms with Crippen LogP contribution in [0, 0.1) is 0 Å². The van der Waals surface area contributed by atoms with Crippen LogP contribution in [0.15, 0.2) is 66.1 Å². The Morgan fingerprint density at radius 1 is 1.21 bits per heavy atom. The van der Waals surface area contributed by atoms with Crippen LogP contribution in [0.5, 0.6) is 0 Å². The van der Waals surface area contributed by atoms with E-state index in [4.69, 9.17) is 11.6 Å². The van der Waals surface area contributed by atoms with Crippen molar-refractivity contribution in [1.29, 1.82) is 0 Å². The van der Waals surface area contributed by atoms with Crippen LogP contribution < -0.4 is 5.32 Å². The molecule has 9 heteroatoms. The number of halogens is 4. The Bertz CT molecular complexity index is 976. The van der Waals surface area contributed by atoms with Crippen molar-refractivity contribution in [3.63, 3.8) is 0 Å². The number of hydrogen-bond acceptors (Lipinski definition) is 3. The number of nitrogens with one attached hydrogen (secondary N) is 1. The summed E-state index contributed by atoms with van der Waals surface area (Å²) in [5, 5.41) is 2.42. The van der Waals surface area contributed by atoms with Gasteiger partial charge >= 0.3 is 6.18 Å². The zero-order valence-corrected chi connectivity index (χ0v) is 16.1. The maximum atomic E-state index is 13.0. The molecule has 1 heterocycles. The molecule has 0 saturated heterocycles. The molecule has 0 spiro atoms. The average molecular weight is 426 g/mol. The first kappa shape index (κ1) is 20.3. The Morgan fingerprint density at radius 2 is 1.93 bits per heavy atom. The molecule has 0 fully saturated rings. The molecule has 0 radical (unpaired) electrons. The number of hydrogen-bond donors (Lipinski definition) is 1. The molecule has 146 valence electrons. The molecule has 3 aromatic rings. The van der Waals surface area contributed by atoms with Gasteiger partial charge in [0.25, 0.3) is 0 Å². The van der Waals surface area contributed by atoms with E-state index in [1.165, 1.54) is 11.8 Å². The Hall–Kier alpha value is -2.45. The second-order valence-corrected chi connectivity index (χ2v) is 7.39. The first-order chi connectivity index (χ1) is 13.3. The van der Waals surface area contributed by atoms with E-state index >= 15 is 0 Å². The van der Waals surface area contributed by atoms with Gasteiger partial charge in [0.15, 0.2) is 5.16 Å². The highest BCUT2D eigenvalue weighted by atomic mass is 35.5. The van der Waals surface area contributed by atoms with Gasteiger partial charge in [-0.05, 0) is 23.8 Å². The number of amides is 1. The van der Waals surface area contributed by atoms with Gasteiger partial charge < -0.3 is 9.88 Å². The standard InChI is InChI=1S/C19H15ClF3N3OS/c1-26-10-9-24-18(26)28-16(12-5-3-2-4-6-12)17(27)25-15-11-13(19(21,22)23)7-8-14(15)20/h2-11,16H,1H3,(H,25,27)/t16-/m0/s1. The fraction of sp³-hybridized carbons (Fsp3) is 0.158. The van der Waals surface area contributed by atoms with E-state index in [9.17, 15) is 18.0 Å². The van der Waals surface area contributed by atoms with Crippen molar-refractivity contribution in [3.05, 3.63) is 77.1 Å². The third-order valence-corrected chi connectivity index (χ3v) is 5.55. The molecule has 3 rings (SSSR count). The van der Waals surface area contributed by atoms with Gasteiger partial charge in [0, 0.05) is 19.4 Å². The number of rotatable bonds is 5. The summed E-state index contributed by atoms with van der Waals surface area (Å²) in [5.74, 6) is -0.500. The zero-order chi connectivity index (χ0) is 20.3. The van der Waals surface area contributed by atoms with Crippen LogP contribution in [0.2, 0.25) is 5.02 Å². The number of alkyl halides is 3. The summed E-state index contributed by atoms with van der Waals surface area (Å²) in [7, 11) is 1.79. The van der Waals surface area contributed by atoms with Gasteiger partial charge in [-0.2, -0.15) is 13.2 Å².